The van der Waals surface area contributed by atoms with Gasteiger partial charge in [0, 0.05) is 30.6 Å². The van der Waals surface area contributed by atoms with E-state index in [-0.39, 0.29) is 24.2 Å². The molecule has 6 heteroatoms. The first kappa shape index (κ1) is 24.1. The zero-order chi connectivity index (χ0) is 21.9. The third kappa shape index (κ3) is 6.49. The van der Waals surface area contributed by atoms with Crippen molar-refractivity contribution < 1.29 is 9.90 Å². The summed E-state index contributed by atoms with van der Waals surface area (Å²) >= 11 is 6.34. The number of nitrogens with one attached hydrogen (secondary N) is 2. The molecule has 0 bridgehead atoms. The quantitative estimate of drug-likeness (QED) is 0.536. The first-order valence-electron chi connectivity index (χ1n) is 12.3. The van der Waals surface area contributed by atoms with Crippen molar-refractivity contribution in [3.8, 4) is 0 Å². The van der Waals surface area contributed by atoms with E-state index in [9.17, 15) is 9.90 Å². The van der Waals surface area contributed by atoms with Crippen LogP contribution in [0.2, 0.25) is 0 Å². The smallest absolute Gasteiger partial charge is 0.315 e. The molecule has 2 saturated carbocycles. The molecule has 0 spiro atoms. The minimum Gasteiger partial charge on any atom is -0.393 e. The Bertz CT molecular complexity index is 563. The van der Waals surface area contributed by atoms with Gasteiger partial charge in [-0.2, -0.15) is 0 Å². The van der Waals surface area contributed by atoms with Crippen LogP contribution in [0.3, 0.4) is 0 Å². The van der Waals surface area contributed by atoms with Crippen LogP contribution in [0.1, 0.15) is 79.1 Å². The van der Waals surface area contributed by atoms with E-state index in [2.05, 4.69) is 43.2 Å². The molecule has 1 heterocycles. The molecule has 0 aromatic rings. The number of aliphatic hydroxyl groups is 1. The maximum Gasteiger partial charge on any atom is 0.315 e. The molecule has 1 saturated heterocycles. The average molecular weight is 442 g/mol. The minimum atomic E-state index is -0.265. The molecule has 3 N–H and O–H groups in total. The first-order chi connectivity index (χ1) is 14.1. The number of alkyl halides is 1. The number of nitrogens with zero attached hydrogens (tertiary/aromatic N) is 1. The van der Waals surface area contributed by atoms with E-state index < -0.39 is 0 Å². The van der Waals surface area contributed by atoms with Crippen LogP contribution < -0.4 is 10.6 Å². The summed E-state index contributed by atoms with van der Waals surface area (Å²) in [6, 6.07) is 0.153. The van der Waals surface area contributed by atoms with E-state index in [1.165, 1.54) is 32.1 Å². The molecule has 0 aromatic carbocycles. The number of halogens is 1. The molecular weight excluding hydrogens is 398 g/mol. The van der Waals surface area contributed by atoms with Crippen molar-refractivity contribution in [1.29, 1.82) is 0 Å². The second-order valence-corrected chi connectivity index (χ2v) is 11.9. The lowest BCUT2D eigenvalue weighted by atomic mass is 9.64. The Balaban J connectivity index is 1.50. The number of carbonyl (C=O) groups is 1. The van der Waals surface area contributed by atoms with Crippen molar-refractivity contribution in [2.45, 2.75) is 103 Å². The molecule has 3 rings (SSSR count). The predicted molar refractivity (Wildman–Crippen MR) is 124 cm³/mol. The Hall–Kier alpha value is -0.520. The van der Waals surface area contributed by atoms with Crippen molar-refractivity contribution in [2.24, 2.45) is 23.2 Å². The summed E-state index contributed by atoms with van der Waals surface area (Å²) in [6.45, 7) is 12.4. The number of urea groups is 1. The second kappa shape index (κ2) is 10.4. The van der Waals surface area contributed by atoms with E-state index in [1.807, 2.05) is 0 Å². The van der Waals surface area contributed by atoms with Crippen molar-refractivity contribution in [1.82, 2.24) is 15.5 Å². The summed E-state index contributed by atoms with van der Waals surface area (Å²) in [7, 11) is 0. The zero-order valence-electron chi connectivity index (χ0n) is 19.5. The highest BCUT2D eigenvalue weighted by Gasteiger charge is 2.41. The van der Waals surface area contributed by atoms with Gasteiger partial charge in [-0.3, -0.25) is 0 Å². The predicted octanol–water partition coefficient (Wildman–Crippen LogP) is 4.37. The number of rotatable bonds is 6. The molecule has 30 heavy (non-hydrogen) atoms. The maximum atomic E-state index is 12.5. The first-order valence-corrected chi connectivity index (χ1v) is 12.7. The Morgan fingerprint density at radius 1 is 1.13 bits per heavy atom. The van der Waals surface area contributed by atoms with E-state index in [0.717, 1.165) is 44.3 Å². The normalized spacial score (nSPS) is 35.9. The van der Waals surface area contributed by atoms with Gasteiger partial charge in [-0.05, 0) is 81.1 Å². The topological polar surface area (TPSA) is 64.6 Å². The van der Waals surface area contributed by atoms with Crippen LogP contribution in [0.5, 0.6) is 0 Å². The van der Waals surface area contributed by atoms with E-state index in [0.29, 0.717) is 23.1 Å². The van der Waals surface area contributed by atoms with Gasteiger partial charge in [-0.1, -0.05) is 27.7 Å². The Kier molecular flexibility index (Phi) is 8.36. The number of likely N-dealkylation sites (tertiary alicyclic amines) is 1. The standard InChI is InChI=1S/C24H44ClN3O2/c1-16(2)22(27-23(30)26-19-9-10-20(29)13-19)14-28-12-11-21(24(3,4)15-28)17-5-7-18(25)8-6-17/h16-22,29H,5-15H2,1-4H3,(H2,26,27,30)/t17?,18?,19-,20+,21?,22-/m0/s1. The van der Waals surface area contributed by atoms with Gasteiger partial charge in [0.05, 0.1) is 6.10 Å². The lowest BCUT2D eigenvalue weighted by molar-refractivity contribution is 0.00543. The van der Waals surface area contributed by atoms with Gasteiger partial charge in [0.25, 0.3) is 0 Å². The third-order valence-corrected chi connectivity index (χ3v) is 8.41. The van der Waals surface area contributed by atoms with Crippen molar-refractivity contribution in [3.05, 3.63) is 0 Å². The molecule has 0 radical (unpaired) electrons. The molecule has 174 valence electrons. The summed E-state index contributed by atoms with van der Waals surface area (Å²) in [5, 5.41) is 16.4. The molecule has 3 aliphatic rings. The van der Waals surface area contributed by atoms with Crippen LogP contribution in [-0.2, 0) is 0 Å². The van der Waals surface area contributed by atoms with Crippen molar-refractivity contribution in [3.63, 3.8) is 0 Å². The molecule has 2 amide bonds. The molecule has 5 nitrogen and oxygen atoms in total. The monoisotopic (exact) mass is 441 g/mol. The molecule has 1 aliphatic heterocycles. The summed E-state index contributed by atoms with van der Waals surface area (Å²) in [5.74, 6) is 1.98. The van der Waals surface area contributed by atoms with Gasteiger partial charge in [-0.25, -0.2) is 4.79 Å². The molecule has 2 aliphatic carbocycles. The van der Waals surface area contributed by atoms with E-state index >= 15 is 0 Å². The highest BCUT2D eigenvalue weighted by molar-refractivity contribution is 6.20. The van der Waals surface area contributed by atoms with Gasteiger partial charge < -0.3 is 20.6 Å². The minimum absolute atomic E-state index is 0.0835. The van der Waals surface area contributed by atoms with Crippen LogP contribution in [-0.4, -0.2) is 59.2 Å². The third-order valence-electron chi connectivity index (χ3n) is 7.98. The Morgan fingerprint density at radius 3 is 2.40 bits per heavy atom. The van der Waals surface area contributed by atoms with Gasteiger partial charge in [0.15, 0.2) is 0 Å². The Morgan fingerprint density at radius 2 is 1.83 bits per heavy atom. The number of aliphatic hydroxyl groups excluding tert-OH is 1. The maximum absolute atomic E-state index is 12.5. The van der Waals surface area contributed by atoms with Crippen LogP contribution >= 0.6 is 11.6 Å². The van der Waals surface area contributed by atoms with Crippen LogP contribution in [0.15, 0.2) is 0 Å². The average Bonchev–Trinajstić information content (AvgIpc) is 3.06. The largest absolute Gasteiger partial charge is 0.393 e. The fraction of sp³-hybridized carbons (Fsp3) is 0.958. The summed E-state index contributed by atoms with van der Waals surface area (Å²) < 4.78 is 0. The number of hydrogen-bond donors (Lipinski definition) is 3. The van der Waals surface area contributed by atoms with Crippen molar-refractivity contribution in [2.75, 3.05) is 19.6 Å². The zero-order valence-corrected chi connectivity index (χ0v) is 20.3. The van der Waals surface area contributed by atoms with Gasteiger partial charge in [0.1, 0.15) is 0 Å². The van der Waals surface area contributed by atoms with Crippen LogP contribution in [0.25, 0.3) is 0 Å². The number of hydrogen-bond acceptors (Lipinski definition) is 3. The number of piperidine rings is 1. The SMILES string of the molecule is CC(C)[C@H](CN1CCC(C2CCC(Cl)CC2)C(C)(C)C1)NC(=O)N[C@H]1CC[C@@H](O)C1. The lowest BCUT2D eigenvalue weighted by Crippen LogP contribution is -2.55. The lowest BCUT2D eigenvalue weighted by Gasteiger charge is -2.49. The molecular formula is C24H44ClN3O2. The van der Waals surface area contributed by atoms with E-state index in [4.69, 9.17) is 11.6 Å². The van der Waals surface area contributed by atoms with Crippen LogP contribution in [0, 0.1) is 23.2 Å². The second-order valence-electron chi connectivity index (χ2n) is 11.3. The summed E-state index contributed by atoms with van der Waals surface area (Å²) in [6.07, 6.45) is 8.24. The number of carbonyl (C=O) groups excluding carboxylic acids is 1. The van der Waals surface area contributed by atoms with Gasteiger partial charge in [-0.15, -0.1) is 11.6 Å². The summed E-state index contributed by atoms with van der Waals surface area (Å²) in [5.41, 5.74) is 0.297. The number of amides is 2. The fourth-order valence-corrected chi connectivity index (χ4v) is 6.43. The van der Waals surface area contributed by atoms with Gasteiger partial charge in [0.2, 0.25) is 0 Å². The fourth-order valence-electron chi connectivity index (χ4n) is 6.18. The molecule has 0 aromatic heterocycles. The summed E-state index contributed by atoms with van der Waals surface area (Å²) in [4.78, 5) is 15.1. The highest BCUT2D eigenvalue weighted by Crippen LogP contribution is 2.45. The van der Waals surface area contributed by atoms with E-state index in [1.54, 1.807) is 0 Å². The van der Waals surface area contributed by atoms with Crippen LogP contribution in [0.4, 0.5) is 4.79 Å². The molecule has 4 atom stereocenters. The van der Waals surface area contributed by atoms with Gasteiger partial charge >= 0.3 is 6.03 Å². The molecule has 1 unspecified atom stereocenters. The van der Waals surface area contributed by atoms with Crippen molar-refractivity contribution >= 4 is 17.6 Å². The highest BCUT2D eigenvalue weighted by atomic mass is 35.5. The Labute approximate surface area is 188 Å². The molecule has 3 fully saturated rings.